The van der Waals surface area contributed by atoms with E-state index in [1.165, 1.54) is 32.1 Å². The van der Waals surface area contributed by atoms with E-state index in [2.05, 4.69) is 39.6 Å². The van der Waals surface area contributed by atoms with Gasteiger partial charge in [0.25, 0.3) is 0 Å². The molecule has 0 radical (unpaired) electrons. The number of carbonyl (C=O) groups excluding carboxylic acids is 1. The van der Waals surface area contributed by atoms with Gasteiger partial charge in [0.15, 0.2) is 0 Å². The van der Waals surface area contributed by atoms with Crippen molar-refractivity contribution >= 4 is 5.91 Å². The van der Waals surface area contributed by atoms with Crippen LogP contribution in [0.5, 0.6) is 0 Å². The zero-order valence-electron chi connectivity index (χ0n) is 17.6. The number of carbonyl (C=O) groups is 1. The normalized spacial score (nSPS) is 51.0. The van der Waals surface area contributed by atoms with Gasteiger partial charge in [-0.3, -0.25) is 4.79 Å². The first kappa shape index (κ1) is 18.8. The van der Waals surface area contributed by atoms with Crippen LogP contribution in [0.15, 0.2) is 0 Å². The summed E-state index contributed by atoms with van der Waals surface area (Å²) in [4.78, 5) is 14.5. The van der Waals surface area contributed by atoms with Gasteiger partial charge in [-0.25, -0.2) is 0 Å². The van der Waals surface area contributed by atoms with E-state index in [1.807, 2.05) is 0 Å². The van der Waals surface area contributed by atoms with Gasteiger partial charge < -0.3 is 9.64 Å². The molecule has 0 spiro atoms. The number of hydrogen-bond donors (Lipinski definition) is 0. The summed E-state index contributed by atoms with van der Waals surface area (Å²) in [6.45, 7) is 10.7. The Hall–Kier alpha value is -0.570. The summed E-state index contributed by atoms with van der Waals surface area (Å²) in [6, 6.07) is 0.456. The lowest BCUT2D eigenvalue weighted by Crippen LogP contribution is -2.62. The predicted molar refractivity (Wildman–Crippen MR) is 105 cm³/mol. The van der Waals surface area contributed by atoms with E-state index in [1.54, 1.807) is 0 Å². The summed E-state index contributed by atoms with van der Waals surface area (Å²) in [5.41, 5.74) is 0.803. The van der Waals surface area contributed by atoms with Crippen LogP contribution < -0.4 is 0 Å². The van der Waals surface area contributed by atoms with Crippen LogP contribution in [-0.2, 0) is 9.53 Å². The fourth-order valence-electron chi connectivity index (χ4n) is 7.87. The maximum absolute atomic E-state index is 12.3. The molecule has 26 heavy (non-hydrogen) atoms. The Morgan fingerprint density at radius 3 is 2.69 bits per heavy atom. The van der Waals surface area contributed by atoms with Crippen LogP contribution in [0.25, 0.3) is 0 Å². The van der Waals surface area contributed by atoms with E-state index >= 15 is 0 Å². The second kappa shape index (κ2) is 6.50. The van der Waals surface area contributed by atoms with Gasteiger partial charge in [-0.2, -0.15) is 0 Å². The van der Waals surface area contributed by atoms with Crippen molar-refractivity contribution in [2.45, 2.75) is 91.2 Å². The van der Waals surface area contributed by atoms with Crippen LogP contribution in [-0.4, -0.2) is 36.6 Å². The smallest absolute Gasteiger partial charge is 0.222 e. The Morgan fingerprint density at radius 1 is 1.19 bits per heavy atom. The molecular weight excluding hydrogens is 322 g/mol. The standard InChI is InChI=1S/C23H39NO2/c1-6-11-26-16-13-18-21-15(2)12-19-23(4,10-8-20(25)24(19)5)17(21)7-9-22(18,3)14-16/h15-19,21H,6-14H2,1-5H3/t15-,16+,17-,18-,19+,21+,22+,23+/m0/s1. The van der Waals surface area contributed by atoms with Crippen molar-refractivity contribution in [1.82, 2.24) is 4.90 Å². The van der Waals surface area contributed by atoms with E-state index in [0.717, 1.165) is 49.5 Å². The van der Waals surface area contributed by atoms with Gasteiger partial charge in [-0.05, 0) is 79.4 Å². The summed E-state index contributed by atoms with van der Waals surface area (Å²) < 4.78 is 6.23. The molecule has 3 saturated carbocycles. The number of piperidine rings is 1. The van der Waals surface area contributed by atoms with Crippen LogP contribution in [0.2, 0.25) is 0 Å². The minimum absolute atomic E-state index is 0.323. The summed E-state index contributed by atoms with van der Waals surface area (Å²) in [7, 11) is 2.06. The largest absolute Gasteiger partial charge is 0.378 e. The Morgan fingerprint density at radius 2 is 1.96 bits per heavy atom. The molecule has 0 aromatic heterocycles. The highest BCUT2D eigenvalue weighted by molar-refractivity contribution is 5.77. The maximum Gasteiger partial charge on any atom is 0.222 e. The van der Waals surface area contributed by atoms with Gasteiger partial charge in [-0.15, -0.1) is 0 Å². The van der Waals surface area contributed by atoms with Crippen LogP contribution >= 0.6 is 0 Å². The van der Waals surface area contributed by atoms with E-state index in [0.29, 0.717) is 28.9 Å². The Bertz CT molecular complexity index is 562. The topological polar surface area (TPSA) is 29.5 Å². The molecule has 3 nitrogen and oxygen atoms in total. The molecule has 3 heteroatoms. The lowest BCUT2D eigenvalue weighted by molar-refractivity contribution is -0.164. The van der Waals surface area contributed by atoms with E-state index in [-0.39, 0.29) is 0 Å². The highest BCUT2D eigenvalue weighted by Crippen LogP contribution is 2.66. The van der Waals surface area contributed by atoms with Gasteiger partial charge in [0, 0.05) is 26.1 Å². The molecule has 1 amide bonds. The molecule has 148 valence electrons. The minimum atomic E-state index is 0.323. The van der Waals surface area contributed by atoms with E-state index < -0.39 is 0 Å². The van der Waals surface area contributed by atoms with Gasteiger partial charge in [0.2, 0.25) is 5.91 Å². The highest BCUT2D eigenvalue weighted by Gasteiger charge is 2.62. The van der Waals surface area contributed by atoms with Crippen molar-refractivity contribution in [2.75, 3.05) is 13.7 Å². The van der Waals surface area contributed by atoms with Crippen molar-refractivity contribution in [3.63, 3.8) is 0 Å². The molecule has 4 aliphatic rings. The van der Waals surface area contributed by atoms with Gasteiger partial charge in [-0.1, -0.05) is 27.7 Å². The van der Waals surface area contributed by atoms with Crippen molar-refractivity contribution in [3.8, 4) is 0 Å². The van der Waals surface area contributed by atoms with Gasteiger partial charge in [0.05, 0.1) is 6.10 Å². The first-order chi connectivity index (χ1) is 12.3. The lowest BCUT2D eigenvalue weighted by Gasteiger charge is -2.63. The molecule has 1 heterocycles. The second-order valence-electron chi connectivity index (χ2n) is 10.7. The molecule has 4 fully saturated rings. The lowest BCUT2D eigenvalue weighted by atomic mass is 9.45. The van der Waals surface area contributed by atoms with Gasteiger partial charge in [0.1, 0.15) is 0 Å². The fourth-order valence-corrected chi connectivity index (χ4v) is 7.87. The van der Waals surface area contributed by atoms with Crippen molar-refractivity contribution in [2.24, 2.45) is 34.5 Å². The number of hydrogen-bond acceptors (Lipinski definition) is 2. The van der Waals surface area contributed by atoms with Crippen molar-refractivity contribution in [1.29, 1.82) is 0 Å². The molecule has 3 aliphatic carbocycles. The molecule has 0 aromatic carbocycles. The number of fused-ring (bicyclic) bond motifs is 5. The average Bonchev–Trinajstić information content (AvgIpc) is 2.95. The number of rotatable bonds is 3. The fraction of sp³-hybridized carbons (Fsp3) is 0.957. The molecule has 0 N–H and O–H groups in total. The molecule has 0 unspecified atom stereocenters. The Labute approximate surface area is 160 Å². The number of amides is 1. The molecule has 4 rings (SSSR count). The highest BCUT2D eigenvalue weighted by atomic mass is 16.5. The molecule has 0 bridgehead atoms. The number of nitrogens with zero attached hydrogens (tertiary/aromatic N) is 1. The molecular formula is C23H39NO2. The average molecular weight is 362 g/mol. The predicted octanol–water partition coefficient (Wildman–Crippen LogP) is 4.89. The molecule has 0 aromatic rings. The third-order valence-electron chi connectivity index (χ3n) is 9.22. The minimum Gasteiger partial charge on any atom is -0.378 e. The maximum atomic E-state index is 12.3. The van der Waals surface area contributed by atoms with Gasteiger partial charge >= 0.3 is 0 Å². The van der Waals surface area contributed by atoms with Crippen LogP contribution in [0.4, 0.5) is 0 Å². The number of likely N-dealkylation sites (tertiary alicyclic amines) is 1. The van der Waals surface area contributed by atoms with Crippen LogP contribution in [0, 0.1) is 34.5 Å². The van der Waals surface area contributed by atoms with E-state index in [9.17, 15) is 4.79 Å². The molecule has 1 saturated heterocycles. The van der Waals surface area contributed by atoms with Crippen LogP contribution in [0.1, 0.15) is 79.1 Å². The van der Waals surface area contributed by atoms with Crippen molar-refractivity contribution < 1.29 is 9.53 Å². The third-order valence-corrected chi connectivity index (χ3v) is 9.22. The Balaban J connectivity index is 1.61. The summed E-state index contributed by atoms with van der Waals surface area (Å²) >= 11 is 0. The zero-order valence-corrected chi connectivity index (χ0v) is 17.6. The molecule has 1 aliphatic heterocycles. The third kappa shape index (κ3) is 2.67. The first-order valence-electron chi connectivity index (χ1n) is 11.2. The Kier molecular flexibility index (Phi) is 4.69. The first-order valence-corrected chi connectivity index (χ1v) is 11.2. The van der Waals surface area contributed by atoms with Crippen molar-refractivity contribution in [3.05, 3.63) is 0 Å². The summed E-state index contributed by atoms with van der Waals surface area (Å²) in [6.07, 6.45) is 9.93. The van der Waals surface area contributed by atoms with E-state index in [4.69, 9.17) is 4.74 Å². The summed E-state index contributed by atoms with van der Waals surface area (Å²) in [5, 5.41) is 0. The number of ether oxygens (including phenoxy) is 1. The second-order valence-corrected chi connectivity index (χ2v) is 10.7. The van der Waals surface area contributed by atoms with Crippen LogP contribution in [0.3, 0.4) is 0 Å². The quantitative estimate of drug-likeness (QED) is 0.716. The zero-order chi connectivity index (χ0) is 18.7. The summed E-state index contributed by atoms with van der Waals surface area (Å²) in [5.74, 6) is 3.52. The SMILES string of the molecule is CCCO[C@@H]1C[C@H]2[C@@H]3[C@@H](C)C[C@H]4N(C)C(=O)CC[C@]4(C)[C@H]3CC[C@]2(C)C1. The molecule has 8 atom stereocenters. The monoisotopic (exact) mass is 361 g/mol.